The number of primary amides is 1. The zero-order valence-electron chi connectivity index (χ0n) is 21.5. The highest BCUT2D eigenvalue weighted by molar-refractivity contribution is 7.09. The number of methoxy groups -OCH3 is 2. The van der Waals surface area contributed by atoms with Gasteiger partial charge in [-0.3, -0.25) is 19.3 Å². The van der Waals surface area contributed by atoms with Crippen LogP contribution in [0.25, 0.3) is 0 Å². The SMILES string of the molecule is COc1ccc(CNC(=O)[C@@H](c2ccc(C)o2)N(C(=O)c2snc(C(N)=O)c2N)c2ccc(OC)cc2)cc1. The lowest BCUT2D eigenvalue weighted by Crippen LogP contribution is -2.43. The number of furan rings is 1. The number of carbonyl (C=O) groups excluding carboxylic acids is 3. The molecule has 2 aromatic heterocycles. The topological polar surface area (TPSA) is 163 Å². The third-order valence-electron chi connectivity index (χ3n) is 5.89. The van der Waals surface area contributed by atoms with Gasteiger partial charge in [-0.05, 0) is 72.6 Å². The molecule has 4 rings (SSSR count). The van der Waals surface area contributed by atoms with E-state index < -0.39 is 23.8 Å². The van der Waals surface area contributed by atoms with Crippen LogP contribution in [0, 0.1) is 6.92 Å². The molecule has 4 aromatic rings. The third-order valence-corrected chi connectivity index (χ3v) is 6.74. The first kappa shape index (κ1) is 27.2. The van der Waals surface area contributed by atoms with E-state index in [0.717, 1.165) is 17.1 Å². The van der Waals surface area contributed by atoms with Crippen LogP contribution in [-0.4, -0.2) is 36.3 Å². The van der Waals surface area contributed by atoms with E-state index in [0.29, 0.717) is 22.9 Å². The molecule has 0 bridgehead atoms. The summed E-state index contributed by atoms with van der Waals surface area (Å²) in [5.41, 5.74) is 12.2. The highest BCUT2D eigenvalue weighted by atomic mass is 32.1. The van der Waals surface area contributed by atoms with Gasteiger partial charge in [-0.1, -0.05) is 12.1 Å². The van der Waals surface area contributed by atoms with Crippen LogP contribution in [0.15, 0.2) is 65.1 Å². The van der Waals surface area contributed by atoms with E-state index in [1.807, 2.05) is 12.1 Å². The molecule has 0 radical (unpaired) electrons. The van der Waals surface area contributed by atoms with Gasteiger partial charge in [0, 0.05) is 12.2 Å². The standard InChI is InChI=1S/C27H27N5O6S/c1-15-4-13-20(38-15)23(26(34)30-14-16-5-9-18(36-2)10-6-16)32(17-7-11-19(37-3)12-8-17)27(35)24-21(28)22(25(29)33)31-39-24/h4-13,23H,14,28H2,1-3H3,(H2,29,33)(H,30,34)/t23-/m1/s1. The van der Waals surface area contributed by atoms with Crippen LogP contribution in [-0.2, 0) is 11.3 Å². The van der Waals surface area contributed by atoms with Crippen LogP contribution in [0.5, 0.6) is 11.5 Å². The Balaban J connectivity index is 1.77. The molecule has 1 atom stereocenters. The summed E-state index contributed by atoms with van der Waals surface area (Å²) in [5.74, 6) is -0.0368. The van der Waals surface area contributed by atoms with Crippen LogP contribution < -0.4 is 31.2 Å². The highest BCUT2D eigenvalue weighted by Crippen LogP contribution is 2.34. The van der Waals surface area contributed by atoms with E-state index in [4.69, 9.17) is 25.4 Å². The number of hydrogen-bond acceptors (Lipinski definition) is 9. The Hall–Kier alpha value is -4.84. The molecule has 0 saturated carbocycles. The number of nitrogen functional groups attached to an aromatic ring is 1. The van der Waals surface area contributed by atoms with Crippen molar-refractivity contribution in [1.82, 2.24) is 9.69 Å². The van der Waals surface area contributed by atoms with Gasteiger partial charge in [0.15, 0.2) is 11.7 Å². The van der Waals surface area contributed by atoms with Crippen LogP contribution in [0.4, 0.5) is 11.4 Å². The van der Waals surface area contributed by atoms with Crippen molar-refractivity contribution in [3.63, 3.8) is 0 Å². The molecular weight excluding hydrogens is 522 g/mol. The van der Waals surface area contributed by atoms with Gasteiger partial charge in [0.05, 0.1) is 19.9 Å². The molecule has 0 saturated heterocycles. The fourth-order valence-corrected chi connectivity index (χ4v) is 4.61. The molecule has 12 heteroatoms. The van der Waals surface area contributed by atoms with Crippen molar-refractivity contribution in [2.24, 2.45) is 5.73 Å². The van der Waals surface area contributed by atoms with Gasteiger partial charge in [-0.25, -0.2) is 0 Å². The predicted molar refractivity (Wildman–Crippen MR) is 146 cm³/mol. The van der Waals surface area contributed by atoms with E-state index in [2.05, 4.69) is 9.69 Å². The number of ether oxygens (including phenoxy) is 2. The molecule has 0 spiro atoms. The average molecular weight is 550 g/mol. The molecule has 0 unspecified atom stereocenters. The zero-order valence-corrected chi connectivity index (χ0v) is 22.3. The van der Waals surface area contributed by atoms with Gasteiger partial charge >= 0.3 is 0 Å². The Morgan fingerprint density at radius 2 is 1.62 bits per heavy atom. The van der Waals surface area contributed by atoms with Gasteiger partial charge in [-0.15, -0.1) is 0 Å². The van der Waals surface area contributed by atoms with Crippen molar-refractivity contribution in [2.45, 2.75) is 19.5 Å². The maximum atomic E-state index is 14.0. The first-order valence-electron chi connectivity index (χ1n) is 11.7. The van der Waals surface area contributed by atoms with Crippen LogP contribution >= 0.6 is 11.5 Å². The summed E-state index contributed by atoms with van der Waals surface area (Å²) in [6.45, 7) is 1.91. The summed E-state index contributed by atoms with van der Waals surface area (Å²) in [6.07, 6.45) is 0. The number of hydrogen-bond donors (Lipinski definition) is 3. The maximum Gasteiger partial charge on any atom is 0.273 e. The molecule has 2 aromatic carbocycles. The number of nitrogens with one attached hydrogen (secondary N) is 1. The minimum atomic E-state index is -1.24. The van der Waals surface area contributed by atoms with Gasteiger partial charge in [0.2, 0.25) is 0 Å². The smallest absolute Gasteiger partial charge is 0.273 e. The number of nitrogens with two attached hydrogens (primary N) is 2. The van der Waals surface area contributed by atoms with Crippen LogP contribution in [0.1, 0.15) is 43.3 Å². The van der Waals surface area contributed by atoms with Crippen molar-refractivity contribution in [3.8, 4) is 11.5 Å². The minimum Gasteiger partial charge on any atom is -0.497 e. The second-order valence-corrected chi connectivity index (χ2v) is 9.20. The lowest BCUT2D eigenvalue weighted by atomic mass is 10.1. The quantitative estimate of drug-likeness (QED) is 0.271. The fourth-order valence-electron chi connectivity index (χ4n) is 3.87. The van der Waals surface area contributed by atoms with Gasteiger partial charge < -0.3 is 30.7 Å². The van der Waals surface area contributed by atoms with Crippen molar-refractivity contribution < 1.29 is 28.3 Å². The number of aromatic nitrogens is 1. The van der Waals surface area contributed by atoms with E-state index in [1.165, 1.54) is 12.0 Å². The van der Waals surface area contributed by atoms with E-state index in [9.17, 15) is 14.4 Å². The largest absolute Gasteiger partial charge is 0.497 e. The Morgan fingerprint density at radius 1 is 1.00 bits per heavy atom. The number of rotatable bonds is 10. The molecule has 0 aliphatic heterocycles. The second kappa shape index (κ2) is 11.7. The number of benzene rings is 2. The first-order valence-corrected chi connectivity index (χ1v) is 12.5. The Morgan fingerprint density at radius 3 is 2.13 bits per heavy atom. The Kier molecular flexibility index (Phi) is 8.15. The zero-order chi connectivity index (χ0) is 28.1. The molecule has 39 heavy (non-hydrogen) atoms. The van der Waals surface area contributed by atoms with Gasteiger partial charge in [0.25, 0.3) is 17.7 Å². The monoisotopic (exact) mass is 549 g/mol. The van der Waals surface area contributed by atoms with Gasteiger partial charge in [-0.2, -0.15) is 4.37 Å². The molecule has 11 nitrogen and oxygen atoms in total. The fraction of sp³-hybridized carbons (Fsp3) is 0.185. The predicted octanol–water partition coefficient (Wildman–Crippen LogP) is 3.45. The lowest BCUT2D eigenvalue weighted by molar-refractivity contribution is -0.123. The molecule has 2 heterocycles. The van der Waals surface area contributed by atoms with Gasteiger partial charge in [0.1, 0.15) is 27.9 Å². The normalized spacial score (nSPS) is 11.5. The molecule has 3 amide bonds. The van der Waals surface area contributed by atoms with E-state index in [1.54, 1.807) is 62.6 Å². The molecule has 202 valence electrons. The van der Waals surface area contributed by atoms with Crippen molar-refractivity contribution in [3.05, 3.63) is 88.3 Å². The lowest BCUT2D eigenvalue weighted by Gasteiger charge is -2.30. The Labute approximate surface area is 228 Å². The molecular formula is C27H27N5O6S. The third kappa shape index (κ3) is 5.85. The Bertz CT molecular complexity index is 1480. The minimum absolute atomic E-state index is 0.0455. The summed E-state index contributed by atoms with van der Waals surface area (Å²) >= 11 is 0.721. The average Bonchev–Trinajstić information content (AvgIpc) is 3.55. The number of aryl methyl sites for hydroxylation is 1. The van der Waals surface area contributed by atoms with Crippen LogP contribution in [0.2, 0.25) is 0 Å². The van der Waals surface area contributed by atoms with Crippen LogP contribution in [0.3, 0.4) is 0 Å². The van der Waals surface area contributed by atoms with Crippen molar-refractivity contribution in [2.75, 3.05) is 24.9 Å². The number of anilines is 2. The molecule has 0 aliphatic rings. The van der Waals surface area contributed by atoms with Crippen molar-refractivity contribution in [1.29, 1.82) is 0 Å². The molecule has 5 N–H and O–H groups in total. The van der Waals surface area contributed by atoms with Crippen molar-refractivity contribution >= 4 is 40.6 Å². The summed E-state index contributed by atoms with van der Waals surface area (Å²) in [6, 6.07) is 15.9. The summed E-state index contributed by atoms with van der Waals surface area (Å²) < 4.78 is 20.2. The summed E-state index contributed by atoms with van der Waals surface area (Å²) in [7, 11) is 3.09. The summed E-state index contributed by atoms with van der Waals surface area (Å²) in [4.78, 5) is 40.8. The first-order chi connectivity index (χ1) is 18.7. The number of amides is 3. The number of carbonyl (C=O) groups is 3. The second-order valence-electron chi connectivity index (χ2n) is 8.43. The number of nitrogens with zero attached hydrogens (tertiary/aromatic N) is 2. The molecule has 0 fully saturated rings. The summed E-state index contributed by atoms with van der Waals surface area (Å²) in [5, 5.41) is 2.89. The van der Waals surface area contributed by atoms with E-state index >= 15 is 0 Å². The molecule has 0 aliphatic carbocycles. The van der Waals surface area contributed by atoms with E-state index in [-0.39, 0.29) is 28.6 Å². The highest BCUT2D eigenvalue weighted by Gasteiger charge is 2.37. The maximum absolute atomic E-state index is 14.0.